The van der Waals surface area contributed by atoms with Crippen LogP contribution in [0.1, 0.15) is 31.1 Å². The van der Waals surface area contributed by atoms with Crippen LogP contribution in [0.2, 0.25) is 0 Å². The van der Waals surface area contributed by atoms with Crippen molar-refractivity contribution >= 4 is 35.3 Å². The lowest BCUT2D eigenvalue weighted by molar-refractivity contribution is -0.137. The number of ether oxygens (including phenoxy) is 2. The van der Waals surface area contributed by atoms with E-state index in [1.54, 1.807) is 19.1 Å². The largest absolute Gasteiger partial charge is 0.463 e. The maximum atomic E-state index is 12.2. The topological polar surface area (TPSA) is 76.1 Å². The maximum absolute atomic E-state index is 12.2. The molecule has 1 aliphatic rings. The normalized spacial score (nSPS) is 15.0. The summed E-state index contributed by atoms with van der Waals surface area (Å²) in [5.74, 6) is -0.803. The summed E-state index contributed by atoms with van der Waals surface area (Å²) in [6, 6.07) is 7.26. The van der Waals surface area contributed by atoms with E-state index in [1.807, 2.05) is 12.1 Å². The predicted molar refractivity (Wildman–Crippen MR) is 109 cm³/mol. The van der Waals surface area contributed by atoms with E-state index in [4.69, 9.17) is 9.47 Å². The van der Waals surface area contributed by atoms with Gasteiger partial charge in [-0.1, -0.05) is 11.8 Å². The monoisotopic (exact) mass is 406 g/mol. The van der Waals surface area contributed by atoms with Gasteiger partial charge in [0, 0.05) is 18.8 Å². The van der Waals surface area contributed by atoms with Crippen LogP contribution in [0.4, 0.5) is 5.69 Å². The number of esters is 2. The molecule has 1 saturated heterocycles. The van der Waals surface area contributed by atoms with Gasteiger partial charge in [0.25, 0.3) is 0 Å². The summed E-state index contributed by atoms with van der Waals surface area (Å²) in [7, 11) is 0. The van der Waals surface area contributed by atoms with Crippen molar-refractivity contribution in [3.05, 3.63) is 40.9 Å². The van der Waals surface area contributed by atoms with E-state index in [0.717, 1.165) is 18.8 Å². The Bertz CT molecular complexity index is 729. The van der Waals surface area contributed by atoms with Crippen molar-refractivity contribution < 1.29 is 23.9 Å². The lowest BCUT2D eigenvalue weighted by Gasteiger charge is -2.21. The van der Waals surface area contributed by atoms with Gasteiger partial charge in [0.1, 0.15) is 6.61 Å². The number of carbonyl (C=O) groups is 3. The highest BCUT2D eigenvalue weighted by molar-refractivity contribution is 8.04. The Morgan fingerprint density at radius 1 is 1.14 bits per heavy atom. The number of thioether (sulfide) groups is 1. The Morgan fingerprint density at radius 2 is 1.82 bits per heavy atom. The van der Waals surface area contributed by atoms with Gasteiger partial charge >= 0.3 is 11.9 Å². The average molecular weight is 407 g/mol. The molecule has 0 radical (unpaired) electrons. The number of nitrogens with zero attached hydrogens (tertiary/aromatic N) is 2. The minimum Gasteiger partial charge on any atom is -0.463 e. The third kappa shape index (κ3) is 5.76. The molecular weight excluding hydrogens is 380 g/mol. The Hall–Kier alpha value is -2.48. The highest BCUT2D eigenvalue weighted by Crippen LogP contribution is 2.28. The summed E-state index contributed by atoms with van der Waals surface area (Å²) in [5, 5.41) is 0.517. The first-order chi connectivity index (χ1) is 13.5. The molecule has 1 aromatic carbocycles. The van der Waals surface area contributed by atoms with E-state index >= 15 is 0 Å². The van der Waals surface area contributed by atoms with Crippen LogP contribution in [-0.4, -0.2) is 61.3 Å². The minimum atomic E-state index is -0.491. The summed E-state index contributed by atoms with van der Waals surface area (Å²) < 4.78 is 10.2. The summed E-state index contributed by atoms with van der Waals surface area (Å²) in [6.07, 6.45) is 1.30. The highest BCUT2D eigenvalue weighted by Gasteiger charge is 2.27. The van der Waals surface area contributed by atoms with E-state index in [0.29, 0.717) is 10.6 Å². The molecule has 0 unspecified atom stereocenters. The van der Waals surface area contributed by atoms with Crippen molar-refractivity contribution in [2.75, 3.05) is 43.5 Å². The molecule has 1 aromatic rings. The molecule has 28 heavy (non-hydrogen) atoms. The van der Waals surface area contributed by atoms with Gasteiger partial charge in [-0.2, -0.15) is 0 Å². The maximum Gasteiger partial charge on any atom is 0.338 e. The third-order valence-electron chi connectivity index (χ3n) is 4.22. The number of amides is 1. The summed E-state index contributed by atoms with van der Waals surface area (Å²) >= 11 is 1.27. The Balaban J connectivity index is 1.90. The van der Waals surface area contributed by atoms with Crippen LogP contribution in [0.3, 0.4) is 0 Å². The summed E-state index contributed by atoms with van der Waals surface area (Å²) in [6.45, 7) is 8.17. The lowest BCUT2D eigenvalue weighted by Crippen LogP contribution is -2.29. The lowest BCUT2D eigenvalue weighted by atomic mass is 10.2. The fraction of sp³-hybridized carbons (Fsp3) is 0.450. The van der Waals surface area contributed by atoms with Gasteiger partial charge in [-0.25, -0.2) is 9.59 Å². The summed E-state index contributed by atoms with van der Waals surface area (Å²) in [4.78, 5) is 39.5. The Labute approximate surface area is 169 Å². The third-order valence-corrected chi connectivity index (χ3v) is 5.24. The van der Waals surface area contributed by atoms with Gasteiger partial charge in [-0.3, -0.25) is 4.79 Å². The molecule has 1 fully saturated rings. The molecule has 1 heterocycles. The van der Waals surface area contributed by atoms with Crippen molar-refractivity contribution in [1.29, 1.82) is 0 Å². The van der Waals surface area contributed by atoms with E-state index in [1.165, 1.54) is 22.7 Å². The van der Waals surface area contributed by atoms with Gasteiger partial charge in [0.15, 0.2) is 0 Å². The van der Waals surface area contributed by atoms with Crippen LogP contribution in [0, 0.1) is 0 Å². The highest BCUT2D eigenvalue weighted by atomic mass is 32.2. The molecule has 152 valence electrons. The van der Waals surface area contributed by atoms with E-state index in [2.05, 4.69) is 18.7 Å². The molecular formula is C20H26N2O5S. The van der Waals surface area contributed by atoms with Gasteiger partial charge in [0.2, 0.25) is 5.91 Å². The number of rotatable bonds is 9. The number of hydrogen-bond acceptors (Lipinski definition) is 7. The van der Waals surface area contributed by atoms with Crippen molar-refractivity contribution in [2.45, 2.75) is 20.8 Å². The Kier molecular flexibility index (Phi) is 8.38. The smallest absolute Gasteiger partial charge is 0.338 e. The molecule has 2 rings (SSSR count). The molecule has 1 amide bonds. The van der Waals surface area contributed by atoms with E-state index < -0.39 is 11.9 Å². The van der Waals surface area contributed by atoms with Crippen molar-refractivity contribution in [3.63, 3.8) is 0 Å². The molecule has 8 heteroatoms. The number of hydrogen-bond donors (Lipinski definition) is 0. The first kappa shape index (κ1) is 21.8. The van der Waals surface area contributed by atoms with Crippen molar-refractivity contribution in [3.8, 4) is 0 Å². The fourth-order valence-corrected chi connectivity index (χ4v) is 3.72. The average Bonchev–Trinajstić information content (AvgIpc) is 3.03. The second kappa shape index (κ2) is 10.8. The molecule has 0 aliphatic carbocycles. The van der Waals surface area contributed by atoms with E-state index in [-0.39, 0.29) is 31.4 Å². The molecule has 7 nitrogen and oxygen atoms in total. The minimum absolute atomic E-state index is 0.0447. The zero-order valence-electron chi connectivity index (χ0n) is 16.5. The van der Waals surface area contributed by atoms with Crippen LogP contribution in [0.25, 0.3) is 0 Å². The molecule has 1 aliphatic heterocycles. The Morgan fingerprint density at radius 3 is 2.43 bits per heavy atom. The van der Waals surface area contributed by atoms with Gasteiger partial charge < -0.3 is 19.3 Å². The molecule has 0 N–H and O–H groups in total. The molecule has 0 saturated carbocycles. The standard InChI is InChI=1S/C20H26N2O5S/c1-4-21(5-2)16-9-7-15(8-10-16)20(25)27-12-11-22-17(23)14-28-18(22)13-19(24)26-6-3/h7-10,13H,4-6,11-12,14H2,1-3H3/b18-13-. The van der Waals surface area contributed by atoms with Crippen LogP contribution in [0.15, 0.2) is 35.4 Å². The van der Waals surface area contributed by atoms with Crippen molar-refractivity contribution in [2.24, 2.45) is 0 Å². The predicted octanol–water partition coefficient (Wildman–Crippen LogP) is 2.67. The van der Waals surface area contributed by atoms with E-state index in [9.17, 15) is 14.4 Å². The first-order valence-electron chi connectivity index (χ1n) is 9.33. The second-order valence-electron chi connectivity index (χ2n) is 5.92. The van der Waals surface area contributed by atoms with Crippen LogP contribution in [0.5, 0.6) is 0 Å². The molecule has 0 spiro atoms. The number of carbonyl (C=O) groups excluding carboxylic acids is 3. The molecule has 0 atom stereocenters. The molecule has 0 aromatic heterocycles. The van der Waals surface area contributed by atoms with Crippen molar-refractivity contribution in [1.82, 2.24) is 4.90 Å². The number of anilines is 1. The van der Waals surface area contributed by atoms with Crippen LogP contribution in [-0.2, 0) is 19.1 Å². The zero-order chi connectivity index (χ0) is 20.5. The fourth-order valence-electron chi connectivity index (χ4n) is 2.76. The molecule has 0 bridgehead atoms. The number of benzene rings is 1. The summed E-state index contributed by atoms with van der Waals surface area (Å²) in [5.41, 5.74) is 1.51. The van der Waals surface area contributed by atoms with Gasteiger partial charge in [-0.15, -0.1) is 0 Å². The van der Waals surface area contributed by atoms with Crippen LogP contribution >= 0.6 is 11.8 Å². The van der Waals surface area contributed by atoms with Gasteiger partial charge in [0.05, 0.1) is 35.6 Å². The first-order valence-corrected chi connectivity index (χ1v) is 10.3. The zero-order valence-corrected chi connectivity index (χ0v) is 17.3. The van der Waals surface area contributed by atoms with Crippen LogP contribution < -0.4 is 4.90 Å². The van der Waals surface area contributed by atoms with Gasteiger partial charge in [-0.05, 0) is 45.0 Å². The SMILES string of the molecule is CCOC(=O)/C=C1\SCC(=O)N1CCOC(=O)c1ccc(N(CC)CC)cc1. The second-order valence-corrected chi connectivity index (χ2v) is 6.92. The quantitative estimate of drug-likeness (QED) is 0.461.